The molecule has 0 aromatic heterocycles. The van der Waals surface area contributed by atoms with Crippen LogP contribution in [0.4, 0.5) is 0 Å². The summed E-state index contributed by atoms with van der Waals surface area (Å²) in [6.07, 6.45) is 3.38. The molecule has 148 valence electrons. The fourth-order valence-electron chi connectivity index (χ4n) is 2.45. The zero-order valence-electron chi connectivity index (χ0n) is 16.9. The summed E-state index contributed by atoms with van der Waals surface area (Å²) in [6, 6.07) is 14.6. The van der Waals surface area contributed by atoms with Gasteiger partial charge in [0, 0.05) is 18.3 Å². The molecule has 5 nitrogen and oxygen atoms in total. The molecule has 0 radical (unpaired) electrons. The maximum absolute atomic E-state index is 12.2. The standard InChI is InChI=1S/C23H28N2O3/c1-17(2)19-9-11-20(12-10-19)22(26)24-14-13-18-5-7-21(8-6-18)23(27)28-16-15-25(3)4/h5-14,17H,15-16H2,1-4H3,(H,24,26)/b14-13+. The lowest BCUT2D eigenvalue weighted by Crippen LogP contribution is -2.20. The van der Waals surface area contributed by atoms with Gasteiger partial charge in [-0.2, -0.15) is 0 Å². The van der Waals surface area contributed by atoms with Gasteiger partial charge in [0.25, 0.3) is 5.91 Å². The molecule has 2 aromatic carbocycles. The highest BCUT2D eigenvalue weighted by atomic mass is 16.5. The zero-order chi connectivity index (χ0) is 20.5. The molecule has 0 spiro atoms. The number of carbonyl (C=O) groups is 2. The number of rotatable bonds is 8. The molecule has 0 aliphatic rings. The molecule has 0 saturated carbocycles. The van der Waals surface area contributed by atoms with Crippen molar-refractivity contribution in [3.8, 4) is 0 Å². The number of amides is 1. The van der Waals surface area contributed by atoms with E-state index in [0.29, 0.717) is 30.2 Å². The van der Waals surface area contributed by atoms with Crippen LogP contribution in [-0.4, -0.2) is 44.0 Å². The van der Waals surface area contributed by atoms with Crippen LogP contribution in [-0.2, 0) is 4.74 Å². The summed E-state index contributed by atoms with van der Waals surface area (Å²) in [5.41, 5.74) is 3.20. The molecule has 0 fully saturated rings. The number of benzene rings is 2. The minimum absolute atomic E-state index is 0.160. The number of nitrogens with one attached hydrogen (secondary N) is 1. The molecule has 0 aliphatic heterocycles. The number of carbonyl (C=O) groups excluding carboxylic acids is 2. The van der Waals surface area contributed by atoms with Gasteiger partial charge >= 0.3 is 5.97 Å². The molecule has 1 amide bonds. The summed E-state index contributed by atoms with van der Waals surface area (Å²) < 4.78 is 5.21. The fourth-order valence-corrected chi connectivity index (χ4v) is 2.45. The van der Waals surface area contributed by atoms with E-state index in [4.69, 9.17) is 4.74 Å². The quantitative estimate of drug-likeness (QED) is 0.705. The van der Waals surface area contributed by atoms with Gasteiger partial charge in [0.2, 0.25) is 0 Å². The van der Waals surface area contributed by atoms with Crippen molar-refractivity contribution < 1.29 is 14.3 Å². The Labute approximate surface area is 167 Å². The Bertz CT molecular complexity index is 807. The molecule has 1 N–H and O–H groups in total. The Balaban J connectivity index is 1.86. The van der Waals surface area contributed by atoms with Gasteiger partial charge in [-0.05, 0) is 61.5 Å². The number of ether oxygens (including phenoxy) is 1. The summed E-state index contributed by atoms with van der Waals surface area (Å²) >= 11 is 0. The lowest BCUT2D eigenvalue weighted by atomic mass is 10.0. The number of nitrogens with zero attached hydrogens (tertiary/aromatic N) is 1. The third kappa shape index (κ3) is 6.67. The van der Waals surface area contributed by atoms with Crippen LogP contribution in [0.1, 0.15) is 51.6 Å². The Morgan fingerprint density at radius 3 is 2.18 bits per heavy atom. The first-order valence-corrected chi connectivity index (χ1v) is 9.36. The van der Waals surface area contributed by atoms with E-state index in [1.54, 1.807) is 24.4 Å². The van der Waals surface area contributed by atoms with Gasteiger partial charge in [-0.1, -0.05) is 38.1 Å². The molecule has 2 rings (SSSR count). The summed E-state index contributed by atoms with van der Waals surface area (Å²) in [5, 5.41) is 2.76. The maximum Gasteiger partial charge on any atom is 0.338 e. The van der Waals surface area contributed by atoms with Gasteiger partial charge < -0.3 is 15.0 Å². The fraction of sp³-hybridized carbons (Fsp3) is 0.304. The average molecular weight is 380 g/mol. The molecule has 0 heterocycles. The van der Waals surface area contributed by atoms with E-state index in [1.807, 2.05) is 55.4 Å². The minimum atomic E-state index is -0.337. The highest BCUT2D eigenvalue weighted by Gasteiger charge is 2.07. The zero-order valence-corrected chi connectivity index (χ0v) is 16.9. The number of hydrogen-bond donors (Lipinski definition) is 1. The van der Waals surface area contributed by atoms with Crippen molar-refractivity contribution in [1.82, 2.24) is 10.2 Å². The van der Waals surface area contributed by atoms with Gasteiger partial charge in [-0.15, -0.1) is 0 Å². The van der Waals surface area contributed by atoms with Crippen molar-refractivity contribution in [2.24, 2.45) is 0 Å². The van der Waals surface area contributed by atoms with Gasteiger partial charge in [0.1, 0.15) is 6.61 Å². The van der Waals surface area contributed by atoms with Crippen molar-refractivity contribution in [2.75, 3.05) is 27.2 Å². The van der Waals surface area contributed by atoms with Gasteiger partial charge in [-0.3, -0.25) is 4.79 Å². The first kappa shape index (κ1) is 21.4. The van der Waals surface area contributed by atoms with Gasteiger partial charge in [-0.25, -0.2) is 4.79 Å². The van der Waals surface area contributed by atoms with Crippen LogP contribution in [0.15, 0.2) is 54.7 Å². The van der Waals surface area contributed by atoms with Gasteiger partial charge in [0.15, 0.2) is 0 Å². The van der Waals surface area contributed by atoms with Crippen molar-refractivity contribution in [2.45, 2.75) is 19.8 Å². The predicted molar refractivity (Wildman–Crippen MR) is 112 cm³/mol. The highest BCUT2D eigenvalue weighted by Crippen LogP contribution is 2.14. The predicted octanol–water partition coefficient (Wildman–Crippen LogP) is 3.93. The largest absolute Gasteiger partial charge is 0.461 e. The van der Waals surface area contributed by atoms with Crippen molar-refractivity contribution in [3.05, 3.63) is 77.0 Å². The van der Waals surface area contributed by atoms with Crippen molar-refractivity contribution >= 4 is 18.0 Å². The topological polar surface area (TPSA) is 58.6 Å². The normalized spacial score (nSPS) is 11.2. The van der Waals surface area contributed by atoms with E-state index in [1.165, 1.54) is 5.56 Å². The van der Waals surface area contributed by atoms with E-state index in [2.05, 4.69) is 19.2 Å². The van der Waals surface area contributed by atoms with E-state index in [-0.39, 0.29) is 11.9 Å². The third-order valence-electron chi connectivity index (χ3n) is 4.25. The molecule has 5 heteroatoms. The highest BCUT2D eigenvalue weighted by molar-refractivity contribution is 5.95. The number of esters is 1. The summed E-state index contributed by atoms with van der Waals surface area (Å²) in [6.45, 7) is 5.28. The van der Waals surface area contributed by atoms with Crippen LogP contribution in [0.3, 0.4) is 0 Å². The van der Waals surface area contributed by atoms with E-state index >= 15 is 0 Å². The smallest absolute Gasteiger partial charge is 0.338 e. The van der Waals surface area contributed by atoms with Crippen LogP contribution in [0.25, 0.3) is 6.08 Å². The van der Waals surface area contributed by atoms with Crippen LogP contribution in [0.2, 0.25) is 0 Å². The first-order chi connectivity index (χ1) is 13.4. The molecule has 0 bridgehead atoms. The van der Waals surface area contributed by atoms with Gasteiger partial charge in [0.05, 0.1) is 5.56 Å². The first-order valence-electron chi connectivity index (χ1n) is 9.36. The van der Waals surface area contributed by atoms with E-state index < -0.39 is 0 Å². The molecule has 2 aromatic rings. The second kappa shape index (κ2) is 10.4. The third-order valence-corrected chi connectivity index (χ3v) is 4.25. The lowest BCUT2D eigenvalue weighted by molar-refractivity contribution is 0.0481. The molecular formula is C23H28N2O3. The Kier molecular flexibility index (Phi) is 7.96. The molecule has 28 heavy (non-hydrogen) atoms. The van der Waals surface area contributed by atoms with Crippen LogP contribution >= 0.6 is 0 Å². The Morgan fingerprint density at radius 1 is 1.00 bits per heavy atom. The minimum Gasteiger partial charge on any atom is -0.461 e. The summed E-state index contributed by atoms with van der Waals surface area (Å²) in [5.74, 6) is -0.0617. The second-order valence-corrected chi connectivity index (χ2v) is 7.14. The Hall–Kier alpha value is -2.92. The Morgan fingerprint density at radius 2 is 1.61 bits per heavy atom. The van der Waals surface area contributed by atoms with E-state index in [9.17, 15) is 9.59 Å². The van der Waals surface area contributed by atoms with Crippen LogP contribution in [0.5, 0.6) is 0 Å². The van der Waals surface area contributed by atoms with Crippen molar-refractivity contribution in [3.63, 3.8) is 0 Å². The summed E-state index contributed by atoms with van der Waals surface area (Å²) in [4.78, 5) is 26.1. The average Bonchev–Trinajstić information content (AvgIpc) is 2.68. The molecular weight excluding hydrogens is 352 g/mol. The number of hydrogen-bond acceptors (Lipinski definition) is 4. The van der Waals surface area contributed by atoms with Crippen LogP contribution in [0, 0.1) is 0 Å². The molecule has 0 saturated heterocycles. The second-order valence-electron chi connectivity index (χ2n) is 7.14. The summed E-state index contributed by atoms with van der Waals surface area (Å²) in [7, 11) is 3.85. The molecule has 0 atom stereocenters. The van der Waals surface area contributed by atoms with Crippen molar-refractivity contribution in [1.29, 1.82) is 0 Å². The maximum atomic E-state index is 12.2. The molecule has 0 aliphatic carbocycles. The number of likely N-dealkylation sites (N-methyl/N-ethyl adjacent to an activating group) is 1. The monoisotopic (exact) mass is 380 g/mol. The SMILES string of the molecule is CC(C)c1ccc(C(=O)N/C=C/c2ccc(C(=O)OCCN(C)C)cc2)cc1. The van der Waals surface area contributed by atoms with E-state index in [0.717, 1.165) is 5.56 Å². The lowest BCUT2D eigenvalue weighted by Gasteiger charge is -2.09. The van der Waals surface area contributed by atoms with Crippen LogP contribution < -0.4 is 5.32 Å². The molecule has 0 unspecified atom stereocenters.